The van der Waals surface area contributed by atoms with Crippen molar-refractivity contribution in [2.75, 3.05) is 12.3 Å². The molecule has 1 aromatic carbocycles. The lowest BCUT2D eigenvalue weighted by molar-refractivity contribution is -0.122. The number of anilines is 1. The molecule has 0 amide bonds. The molecule has 11 heteroatoms. The zero-order valence-electron chi connectivity index (χ0n) is 9.51. The van der Waals surface area contributed by atoms with E-state index in [9.17, 15) is 34.8 Å². The Bertz CT molecular complexity index is 605. The highest BCUT2D eigenvalue weighted by molar-refractivity contribution is 7.89. The van der Waals surface area contributed by atoms with E-state index in [0.717, 1.165) is 4.72 Å². The Morgan fingerprint density at radius 2 is 1.75 bits per heavy atom. The predicted molar refractivity (Wildman–Crippen MR) is 56.9 cm³/mol. The van der Waals surface area contributed by atoms with Gasteiger partial charge in [-0.05, 0) is 6.07 Å². The van der Waals surface area contributed by atoms with Crippen molar-refractivity contribution >= 4 is 15.7 Å². The number of nitrogens with two attached hydrogens (primary N) is 1. The molecule has 0 aliphatic rings. The summed E-state index contributed by atoms with van der Waals surface area (Å²) < 4.78 is 99.0. The minimum atomic E-state index is -4.88. The summed E-state index contributed by atoms with van der Waals surface area (Å²) >= 11 is 0. The van der Waals surface area contributed by atoms with E-state index in [1.807, 2.05) is 0 Å². The number of nitrogens with one attached hydrogen (secondary N) is 1. The third-order valence-electron chi connectivity index (χ3n) is 2.16. The van der Waals surface area contributed by atoms with Crippen molar-refractivity contribution in [3.05, 3.63) is 23.8 Å². The van der Waals surface area contributed by atoms with Gasteiger partial charge in [-0.2, -0.15) is 8.78 Å². The number of hydrogen-bond acceptors (Lipinski definition) is 3. The average molecular weight is 322 g/mol. The van der Waals surface area contributed by atoms with Gasteiger partial charge in [0.15, 0.2) is 0 Å². The van der Waals surface area contributed by atoms with Crippen molar-refractivity contribution in [2.24, 2.45) is 0 Å². The van der Waals surface area contributed by atoms with E-state index in [4.69, 9.17) is 5.73 Å². The van der Waals surface area contributed by atoms with Crippen molar-refractivity contribution in [2.45, 2.75) is 17.2 Å². The minimum absolute atomic E-state index is 0.134. The molecular formula is C9H8F6N2O2S. The summed E-state index contributed by atoms with van der Waals surface area (Å²) in [6, 6.07) is 0.489. The standard InChI is InChI=1S/C9H8F6N2O2S/c10-4-1-5(11)7(2-6(4)16)20(18,19)17-3-9(14,15)8(12)13/h1-2,8,17H,3,16H2. The molecule has 0 spiro atoms. The molecule has 1 rings (SSSR count). The Morgan fingerprint density at radius 1 is 1.20 bits per heavy atom. The van der Waals surface area contributed by atoms with Crippen LogP contribution in [-0.4, -0.2) is 27.3 Å². The Labute approximate surface area is 109 Å². The Hall–Kier alpha value is -1.49. The van der Waals surface area contributed by atoms with Crippen molar-refractivity contribution in [1.29, 1.82) is 0 Å². The highest BCUT2D eigenvalue weighted by Crippen LogP contribution is 2.24. The smallest absolute Gasteiger partial charge is 0.320 e. The molecule has 114 valence electrons. The normalized spacial score (nSPS) is 12.9. The molecule has 0 atom stereocenters. The van der Waals surface area contributed by atoms with Crippen LogP contribution in [0.25, 0.3) is 0 Å². The Morgan fingerprint density at radius 3 is 2.25 bits per heavy atom. The van der Waals surface area contributed by atoms with E-state index < -0.39 is 51.1 Å². The SMILES string of the molecule is Nc1cc(S(=O)(=O)NCC(F)(F)C(F)F)c(F)cc1F. The van der Waals surface area contributed by atoms with Crippen LogP contribution in [0, 0.1) is 11.6 Å². The highest BCUT2D eigenvalue weighted by Gasteiger charge is 2.41. The van der Waals surface area contributed by atoms with E-state index in [2.05, 4.69) is 0 Å². The Kier molecular flexibility index (Phi) is 4.54. The van der Waals surface area contributed by atoms with Crippen molar-refractivity contribution < 1.29 is 34.8 Å². The van der Waals surface area contributed by atoms with Gasteiger partial charge < -0.3 is 5.73 Å². The summed E-state index contributed by atoms with van der Waals surface area (Å²) in [6.07, 6.45) is -4.10. The first kappa shape index (κ1) is 16.6. The van der Waals surface area contributed by atoms with Crippen LogP contribution in [0.5, 0.6) is 0 Å². The molecular weight excluding hydrogens is 314 g/mol. The van der Waals surface area contributed by atoms with Gasteiger partial charge >= 0.3 is 12.3 Å². The molecule has 1 aromatic rings. The van der Waals surface area contributed by atoms with Crippen LogP contribution in [0.4, 0.5) is 32.0 Å². The first-order valence-electron chi connectivity index (χ1n) is 4.87. The topological polar surface area (TPSA) is 72.2 Å². The molecule has 0 saturated carbocycles. The largest absolute Gasteiger partial charge is 0.396 e. The number of hydrogen-bond donors (Lipinski definition) is 2. The molecule has 0 aromatic heterocycles. The van der Waals surface area contributed by atoms with Gasteiger partial charge in [0, 0.05) is 6.07 Å². The second-order valence-corrected chi connectivity index (χ2v) is 5.43. The number of halogens is 6. The maximum Gasteiger partial charge on any atom is 0.320 e. The molecule has 0 saturated heterocycles. The van der Waals surface area contributed by atoms with Gasteiger partial charge in [0.25, 0.3) is 0 Å². The maximum atomic E-state index is 13.3. The van der Waals surface area contributed by atoms with Gasteiger partial charge in [-0.25, -0.2) is 30.7 Å². The van der Waals surface area contributed by atoms with E-state index in [-0.39, 0.29) is 6.07 Å². The van der Waals surface area contributed by atoms with Crippen LogP contribution in [0.15, 0.2) is 17.0 Å². The van der Waals surface area contributed by atoms with Crippen molar-refractivity contribution in [3.8, 4) is 0 Å². The van der Waals surface area contributed by atoms with Crippen LogP contribution in [-0.2, 0) is 10.0 Å². The number of sulfonamides is 1. The third kappa shape index (κ3) is 3.54. The van der Waals surface area contributed by atoms with Crippen molar-refractivity contribution in [3.63, 3.8) is 0 Å². The van der Waals surface area contributed by atoms with E-state index >= 15 is 0 Å². The summed E-state index contributed by atoms with van der Waals surface area (Å²) in [7, 11) is -4.88. The zero-order chi connectivity index (χ0) is 15.7. The fraction of sp³-hybridized carbons (Fsp3) is 0.333. The van der Waals surface area contributed by atoms with Crippen LogP contribution in [0.3, 0.4) is 0 Å². The zero-order valence-corrected chi connectivity index (χ0v) is 10.3. The molecule has 4 nitrogen and oxygen atoms in total. The third-order valence-corrected chi connectivity index (χ3v) is 3.57. The fourth-order valence-corrected chi connectivity index (χ4v) is 2.23. The summed E-state index contributed by atoms with van der Waals surface area (Å²) in [5, 5.41) is 0. The second-order valence-electron chi connectivity index (χ2n) is 3.69. The molecule has 20 heavy (non-hydrogen) atoms. The summed E-state index contributed by atoms with van der Waals surface area (Å²) in [5.74, 6) is -7.47. The summed E-state index contributed by atoms with van der Waals surface area (Å²) in [4.78, 5) is -1.22. The van der Waals surface area contributed by atoms with Crippen LogP contribution in [0.1, 0.15) is 0 Å². The molecule has 0 bridgehead atoms. The van der Waals surface area contributed by atoms with E-state index in [0.29, 0.717) is 6.07 Å². The molecule has 0 unspecified atom stereocenters. The predicted octanol–water partition coefficient (Wildman–Crippen LogP) is 1.73. The number of alkyl halides is 4. The quantitative estimate of drug-likeness (QED) is 0.640. The average Bonchev–Trinajstić information content (AvgIpc) is 2.31. The molecule has 0 radical (unpaired) electrons. The number of nitrogen functional groups attached to an aromatic ring is 1. The maximum absolute atomic E-state index is 13.3. The van der Waals surface area contributed by atoms with E-state index in [1.165, 1.54) is 0 Å². The molecule has 0 aliphatic carbocycles. The molecule has 0 aliphatic heterocycles. The van der Waals surface area contributed by atoms with Gasteiger partial charge in [-0.3, -0.25) is 0 Å². The highest BCUT2D eigenvalue weighted by atomic mass is 32.2. The summed E-state index contributed by atoms with van der Waals surface area (Å²) in [5.41, 5.74) is 4.27. The van der Waals surface area contributed by atoms with Gasteiger partial charge in [0.1, 0.15) is 16.5 Å². The number of rotatable bonds is 5. The van der Waals surface area contributed by atoms with Crippen LogP contribution >= 0.6 is 0 Å². The van der Waals surface area contributed by atoms with Crippen LogP contribution < -0.4 is 10.5 Å². The number of benzene rings is 1. The van der Waals surface area contributed by atoms with Crippen LogP contribution in [0.2, 0.25) is 0 Å². The lowest BCUT2D eigenvalue weighted by Gasteiger charge is -2.16. The summed E-state index contributed by atoms with van der Waals surface area (Å²) in [6.45, 7) is -1.94. The monoisotopic (exact) mass is 322 g/mol. The first-order valence-corrected chi connectivity index (χ1v) is 6.36. The van der Waals surface area contributed by atoms with Gasteiger partial charge in [-0.15, -0.1) is 0 Å². The molecule has 3 N–H and O–H groups in total. The van der Waals surface area contributed by atoms with Crippen molar-refractivity contribution in [1.82, 2.24) is 4.72 Å². The lowest BCUT2D eigenvalue weighted by Crippen LogP contribution is -2.41. The van der Waals surface area contributed by atoms with E-state index in [1.54, 1.807) is 0 Å². The van der Waals surface area contributed by atoms with Gasteiger partial charge in [0.2, 0.25) is 10.0 Å². The Balaban J connectivity index is 3.04. The molecule has 0 fully saturated rings. The van der Waals surface area contributed by atoms with Gasteiger partial charge in [-0.1, -0.05) is 0 Å². The second kappa shape index (κ2) is 5.48. The first-order chi connectivity index (χ1) is 8.97. The lowest BCUT2D eigenvalue weighted by atomic mass is 10.3. The molecule has 0 heterocycles. The fourth-order valence-electron chi connectivity index (χ4n) is 1.10. The minimum Gasteiger partial charge on any atom is -0.396 e. The van der Waals surface area contributed by atoms with Gasteiger partial charge in [0.05, 0.1) is 12.2 Å².